The second kappa shape index (κ2) is 11.0. The number of imide groups is 1. The second-order valence-electron chi connectivity index (χ2n) is 11.3. The van der Waals surface area contributed by atoms with E-state index in [1.807, 2.05) is 23.8 Å². The van der Waals surface area contributed by atoms with Crippen LogP contribution in [0.4, 0.5) is 16.3 Å². The maximum Gasteiger partial charge on any atom is 0.329 e. The van der Waals surface area contributed by atoms with Crippen LogP contribution in [-0.2, 0) is 31.0 Å². The molecule has 1 N–H and O–H groups in total. The minimum atomic E-state index is -0.410. The Morgan fingerprint density at radius 2 is 1.90 bits per heavy atom. The Kier molecular flexibility index (Phi) is 7.27. The number of rotatable bonds is 7. The quantitative estimate of drug-likeness (QED) is 0.474. The molecule has 2 aliphatic heterocycles. The first-order valence-electron chi connectivity index (χ1n) is 14.5. The average Bonchev–Trinajstić information content (AvgIpc) is 3.56. The Balaban J connectivity index is 1.13. The number of aromatic nitrogens is 4. The van der Waals surface area contributed by atoms with Gasteiger partial charge in [0.25, 0.3) is 0 Å². The standard InChI is InChI=1S/C30H38N8O2/c1-4-37-28(38-14-13-27(39)34-30(38)40)16-32-29(37)24-12-9-21-17-36(19-25(21)33-24)18-22-10-11-23(15-31-22)35(3)26-8-6-5-7-20(26)2/h9-12,15-16,20,26H,4-8,13-14,17-19H2,1-3H3,(H,34,39,40). The third kappa shape index (κ3) is 5.08. The maximum absolute atomic E-state index is 12.4. The summed E-state index contributed by atoms with van der Waals surface area (Å²) in [6.45, 7) is 7.71. The van der Waals surface area contributed by atoms with Crippen LogP contribution in [-0.4, -0.2) is 56.0 Å². The van der Waals surface area contributed by atoms with Crippen LogP contribution in [0.15, 0.2) is 36.7 Å². The Labute approximate surface area is 235 Å². The van der Waals surface area contributed by atoms with E-state index in [0.717, 1.165) is 48.5 Å². The number of hydrogen-bond acceptors (Lipinski definition) is 7. The fraction of sp³-hybridized carbons (Fsp3) is 0.500. The van der Waals surface area contributed by atoms with Gasteiger partial charge in [0.05, 0.1) is 29.5 Å². The molecule has 2 fully saturated rings. The Hall–Kier alpha value is -3.79. The molecule has 1 saturated carbocycles. The van der Waals surface area contributed by atoms with Gasteiger partial charge in [-0.25, -0.2) is 14.8 Å². The smallest absolute Gasteiger partial charge is 0.329 e. The average molecular weight is 543 g/mol. The number of hydrogen-bond donors (Lipinski definition) is 1. The third-order valence-electron chi connectivity index (χ3n) is 8.71. The van der Waals surface area contributed by atoms with Crippen molar-refractivity contribution in [1.82, 2.24) is 29.7 Å². The summed E-state index contributed by atoms with van der Waals surface area (Å²) in [5, 5.41) is 2.39. The van der Waals surface area contributed by atoms with Crippen molar-refractivity contribution in [2.75, 3.05) is 23.4 Å². The van der Waals surface area contributed by atoms with E-state index in [1.54, 1.807) is 11.1 Å². The Morgan fingerprint density at radius 3 is 2.65 bits per heavy atom. The molecule has 6 rings (SSSR count). The molecule has 10 heteroatoms. The highest BCUT2D eigenvalue weighted by Crippen LogP contribution is 2.31. The fourth-order valence-electron chi connectivity index (χ4n) is 6.45. The zero-order valence-electron chi connectivity index (χ0n) is 23.6. The molecule has 2 atom stereocenters. The molecule has 3 aromatic heterocycles. The highest BCUT2D eigenvalue weighted by molar-refractivity contribution is 6.05. The molecule has 0 bridgehead atoms. The summed E-state index contributed by atoms with van der Waals surface area (Å²) < 4.78 is 1.98. The van der Waals surface area contributed by atoms with Gasteiger partial charge < -0.3 is 9.47 Å². The van der Waals surface area contributed by atoms with Crippen LogP contribution in [0.3, 0.4) is 0 Å². The van der Waals surface area contributed by atoms with E-state index in [9.17, 15) is 9.59 Å². The minimum Gasteiger partial charge on any atom is -0.370 e. The van der Waals surface area contributed by atoms with Crippen LogP contribution in [0.2, 0.25) is 0 Å². The first kappa shape index (κ1) is 26.4. The Morgan fingerprint density at radius 1 is 1.05 bits per heavy atom. The maximum atomic E-state index is 12.4. The highest BCUT2D eigenvalue weighted by atomic mass is 16.2. The summed E-state index contributed by atoms with van der Waals surface area (Å²) in [5.74, 6) is 1.86. The van der Waals surface area contributed by atoms with E-state index in [1.165, 1.54) is 36.9 Å². The molecule has 3 aromatic rings. The number of carbonyl (C=O) groups excluding carboxylic acids is 2. The van der Waals surface area contributed by atoms with Crippen LogP contribution in [0, 0.1) is 5.92 Å². The van der Waals surface area contributed by atoms with Gasteiger partial charge in [-0.3, -0.25) is 24.9 Å². The van der Waals surface area contributed by atoms with E-state index < -0.39 is 6.03 Å². The van der Waals surface area contributed by atoms with E-state index in [-0.39, 0.29) is 12.3 Å². The number of anilines is 2. The first-order chi connectivity index (χ1) is 19.4. The lowest BCUT2D eigenvalue weighted by Crippen LogP contribution is -2.50. The van der Waals surface area contributed by atoms with Gasteiger partial charge in [0.15, 0.2) is 5.82 Å². The van der Waals surface area contributed by atoms with Crippen molar-refractivity contribution in [2.45, 2.75) is 78.2 Å². The van der Waals surface area contributed by atoms with Gasteiger partial charge in [0.1, 0.15) is 11.5 Å². The van der Waals surface area contributed by atoms with Gasteiger partial charge in [-0.2, -0.15) is 0 Å². The number of carbonyl (C=O) groups is 2. The normalized spacial score (nSPS) is 21.4. The fourth-order valence-corrected chi connectivity index (χ4v) is 6.45. The van der Waals surface area contributed by atoms with Crippen LogP contribution >= 0.6 is 0 Å². The Bertz CT molecular complexity index is 1400. The molecule has 3 amide bonds. The number of nitrogens with one attached hydrogen (secondary N) is 1. The summed E-state index contributed by atoms with van der Waals surface area (Å²) in [6, 6.07) is 8.70. The SMILES string of the molecule is CCn1c(N2CCC(=O)NC2=O)cnc1-c1ccc2c(n1)CN(Cc1ccc(N(C)C3CCCCC3C)cn1)C2. The monoisotopic (exact) mass is 542 g/mol. The zero-order chi connectivity index (χ0) is 27.8. The number of amides is 3. The highest BCUT2D eigenvalue weighted by Gasteiger charge is 2.29. The largest absolute Gasteiger partial charge is 0.370 e. The molecule has 0 aromatic carbocycles. The molecule has 0 spiro atoms. The molecule has 40 heavy (non-hydrogen) atoms. The van der Waals surface area contributed by atoms with Gasteiger partial charge in [-0.05, 0) is 49.4 Å². The number of urea groups is 1. The van der Waals surface area contributed by atoms with Gasteiger partial charge in [-0.15, -0.1) is 0 Å². The molecule has 5 heterocycles. The van der Waals surface area contributed by atoms with Crippen molar-refractivity contribution in [2.24, 2.45) is 5.92 Å². The predicted molar refractivity (Wildman–Crippen MR) is 154 cm³/mol. The number of fused-ring (bicyclic) bond motifs is 1. The van der Waals surface area contributed by atoms with Gasteiger partial charge in [0, 0.05) is 52.2 Å². The summed E-state index contributed by atoms with van der Waals surface area (Å²) in [7, 11) is 2.21. The van der Waals surface area contributed by atoms with Crippen molar-refractivity contribution in [3.05, 3.63) is 53.6 Å². The minimum absolute atomic E-state index is 0.249. The van der Waals surface area contributed by atoms with E-state index >= 15 is 0 Å². The molecule has 2 unspecified atom stereocenters. The molecular formula is C30H38N8O2. The first-order valence-corrected chi connectivity index (χ1v) is 14.5. The van der Waals surface area contributed by atoms with Gasteiger partial charge in [0.2, 0.25) is 5.91 Å². The topological polar surface area (TPSA) is 99.5 Å². The molecule has 1 saturated heterocycles. The van der Waals surface area contributed by atoms with Crippen LogP contribution < -0.4 is 15.1 Å². The third-order valence-corrected chi connectivity index (χ3v) is 8.71. The summed E-state index contributed by atoms with van der Waals surface area (Å²) in [5.41, 5.74) is 5.30. The summed E-state index contributed by atoms with van der Waals surface area (Å²) >= 11 is 0. The van der Waals surface area contributed by atoms with E-state index in [2.05, 4.69) is 52.3 Å². The van der Waals surface area contributed by atoms with E-state index in [4.69, 9.17) is 9.97 Å². The zero-order valence-corrected chi connectivity index (χ0v) is 23.6. The lowest BCUT2D eigenvalue weighted by Gasteiger charge is -2.37. The summed E-state index contributed by atoms with van der Waals surface area (Å²) in [6.07, 6.45) is 9.22. The number of imidazole rings is 1. The number of pyridine rings is 2. The molecule has 210 valence electrons. The van der Waals surface area contributed by atoms with Crippen molar-refractivity contribution in [3.8, 4) is 11.5 Å². The number of nitrogens with zero attached hydrogens (tertiary/aromatic N) is 7. The second-order valence-corrected chi connectivity index (χ2v) is 11.3. The van der Waals surface area contributed by atoms with Crippen LogP contribution in [0.1, 0.15) is 62.9 Å². The molecular weight excluding hydrogens is 504 g/mol. The van der Waals surface area contributed by atoms with E-state index in [0.29, 0.717) is 24.9 Å². The van der Waals surface area contributed by atoms with Gasteiger partial charge >= 0.3 is 6.03 Å². The lowest BCUT2D eigenvalue weighted by atomic mass is 9.85. The van der Waals surface area contributed by atoms with Crippen molar-refractivity contribution < 1.29 is 9.59 Å². The summed E-state index contributed by atoms with van der Waals surface area (Å²) in [4.78, 5) is 44.8. The van der Waals surface area contributed by atoms with Gasteiger partial charge in [-0.1, -0.05) is 25.8 Å². The molecule has 0 radical (unpaired) electrons. The van der Waals surface area contributed by atoms with Crippen molar-refractivity contribution in [3.63, 3.8) is 0 Å². The molecule has 1 aliphatic carbocycles. The molecule has 10 nitrogen and oxygen atoms in total. The molecule has 3 aliphatic rings. The van der Waals surface area contributed by atoms with Crippen molar-refractivity contribution >= 4 is 23.4 Å². The van der Waals surface area contributed by atoms with Crippen LogP contribution in [0.5, 0.6) is 0 Å². The lowest BCUT2D eigenvalue weighted by molar-refractivity contribution is -0.120. The predicted octanol–water partition coefficient (Wildman–Crippen LogP) is 4.34. The van der Waals surface area contributed by atoms with Crippen molar-refractivity contribution in [1.29, 1.82) is 0 Å². The van der Waals surface area contributed by atoms with Crippen LogP contribution in [0.25, 0.3) is 11.5 Å².